The molecule has 1 aliphatic heterocycles. The smallest absolute Gasteiger partial charge is 0.249 e. The Morgan fingerprint density at radius 3 is 2.57 bits per heavy atom. The van der Waals surface area contributed by atoms with Crippen LogP contribution in [0.25, 0.3) is 0 Å². The number of aryl methyl sites for hydroxylation is 1. The van der Waals surface area contributed by atoms with Crippen LogP contribution in [0.2, 0.25) is 0 Å². The third kappa shape index (κ3) is 3.55. The number of amides is 1. The van der Waals surface area contributed by atoms with Crippen molar-refractivity contribution in [3.63, 3.8) is 0 Å². The fourth-order valence-electron chi connectivity index (χ4n) is 3.19. The molecule has 3 rings (SSSR count). The van der Waals surface area contributed by atoms with Crippen LogP contribution in [0.1, 0.15) is 31.7 Å². The van der Waals surface area contributed by atoms with Crippen molar-refractivity contribution in [2.75, 3.05) is 16.8 Å². The highest BCUT2D eigenvalue weighted by Gasteiger charge is 2.31. The van der Waals surface area contributed by atoms with Crippen LogP contribution in [0.4, 0.5) is 11.4 Å². The number of anilines is 2. The van der Waals surface area contributed by atoms with E-state index < -0.39 is 0 Å². The molecule has 0 bridgehead atoms. The minimum Gasteiger partial charge on any atom is -0.372 e. The maximum absolute atomic E-state index is 12.8. The zero-order valence-corrected chi connectivity index (χ0v) is 13.7. The Labute approximate surface area is 138 Å². The molecular formula is C20H24N2O. The molecule has 0 saturated heterocycles. The van der Waals surface area contributed by atoms with E-state index in [9.17, 15) is 4.79 Å². The zero-order valence-electron chi connectivity index (χ0n) is 13.7. The lowest BCUT2D eigenvalue weighted by Crippen LogP contribution is -2.47. The quantitative estimate of drug-likeness (QED) is 0.865. The summed E-state index contributed by atoms with van der Waals surface area (Å²) in [5.41, 5.74) is 3.41. The highest BCUT2D eigenvalue weighted by Crippen LogP contribution is 2.32. The molecule has 1 atom stereocenters. The predicted molar refractivity (Wildman–Crippen MR) is 95.9 cm³/mol. The Hall–Kier alpha value is -2.29. The van der Waals surface area contributed by atoms with Gasteiger partial charge in [-0.2, -0.15) is 0 Å². The SMILES string of the molecule is CCCC1Nc2ccccc2N(CCCc2ccccc2)C1=O. The van der Waals surface area contributed by atoms with Crippen LogP contribution in [-0.4, -0.2) is 18.5 Å². The number of carbonyl (C=O) groups is 1. The second kappa shape index (κ2) is 7.32. The van der Waals surface area contributed by atoms with Gasteiger partial charge < -0.3 is 10.2 Å². The third-order valence-corrected chi connectivity index (χ3v) is 4.36. The summed E-state index contributed by atoms with van der Waals surface area (Å²) < 4.78 is 0. The van der Waals surface area contributed by atoms with Crippen LogP contribution < -0.4 is 10.2 Å². The van der Waals surface area contributed by atoms with Crippen molar-refractivity contribution in [1.82, 2.24) is 0 Å². The fourth-order valence-corrected chi connectivity index (χ4v) is 3.19. The van der Waals surface area contributed by atoms with Gasteiger partial charge >= 0.3 is 0 Å². The molecule has 0 aliphatic carbocycles. The van der Waals surface area contributed by atoms with Crippen molar-refractivity contribution in [2.24, 2.45) is 0 Å². The molecule has 2 aromatic rings. The standard InChI is InChI=1S/C20H24N2O/c1-2-9-18-20(23)22(19-14-7-6-13-17(19)21-18)15-8-12-16-10-4-3-5-11-16/h3-7,10-11,13-14,18,21H,2,8-9,12,15H2,1H3. The van der Waals surface area contributed by atoms with Crippen LogP contribution in [0.15, 0.2) is 54.6 Å². The maximum Gasteiger partial charge on any atom is 0.249 e. The summed E-state index contributed by atoms with van der Waals surface area (Å²) >= 11 is 0. The molecule has 1 amide bonds. The third-order valence-electron chi connectivity index (χ3n) is 4.36. The number of para-hydroxylation sites is 2. The van der Waals surface area contributed by atoms with Crippen LogP contribution in [0.5, 0.6) is 0 Å². The van der Waals surface area contributed by atoms with Crippen molar-refractivity contribution in [3.05, 3.63) is 60.2 Å². The molecule has 1 unspecified atom stereocenters. The molecule has 1 N–H and O–H groups in total. The molecular weight excluding hydrogens is 284 g/mol. The molecule has 3 nitrogen and oxygen atoms in total. The van der Waals surface area contributed by atoms with Crippen molar-refractivity contribution >= 4 is 17.3 Å². The van der Waals surface area contributed by atoms with Crippen LogP contribution in [-0.2, 0) is 11.2 Å². The summed E-state index contributed by atoms with van der Waals surface area (Å²) in [7, 11) is 0. The van der Waals surface area contributed by atoms with Crippen molar-refractivity contribution in [2.45, 2.75) is 38.6 Å². The summed E-state index contributed by atoms with van der Waals surface area (Å²) in [6.45, 7) is 2.89. The molecule has 0 fully saturated rings. The number of fused-ring (bicyclic) bond motifs is 1. The van der Waals surface area contributed by atoms with Gasteiger partial charge in [-0.15, -0.1) is 0 Å². The Bertz CT molecular complexity index is 654. The molecule has 0 radical (unpaired) electrons. The first-order valence-corrected chi connectivity index (χ1v) is 8.50. The Morgan fingerprint density at radius 1 is 1.04 bits per heavy atom. The monoisotopic (exact) mass is 308 g/mol. The van der Waals surface area contributed by atoms with Gasteiger partial charge in [-0.25, -0.2) is 0 Å². The van der Waals surface area contributed by atoms with Crippen LogP contribution in [0, 0.1) is 0 Å². The molecule has 0 spiro atoms. The Balaban J connectivity index is 1.72. The van der Waals surface area contributed by atoms with E-state index in [-0.39, 0.29) is 11.9 Å². The number of carbonyl (C=O) groups excluding carboxylic acids is 1. The zero-order chi connectivity index (χ0) is 16.1. The van der Waals surface area contributed by atoms with Gasteiger partial charge in [-0.05, 0) is 37.0 Å². The second-order valence-corrected chi connectivity index (χ2v) is 6.08. The first-order chi connectivity index (χ1) is 11.3. The maximum atomic E-state index is 12.8. The van der Waals surface area contributed by atoms with E-state index in [1.807, 2.05) is 29.2 Å². The van der Waals surface area contributed by atoms with E-state index in [4.69, 9.17) is 0 Å². The van der Waals surface area contributed by atoms with Gasteiger partial charge in [0.15, 0.2) is 0 Å². The van der Waals surface area contributed by atoms with E-state index >= 15 is 0 Å². The molecule has 2 aromatic carbocycles. The Morgan fingerprint density at radius 2 is 1.78 bits per heavy atom. The number of hydrogen-bond acceptors (Lipinski definition) is 2. The summed E-state index contributed by atoms with van der Waals surface area (Å²) in [6.07, 6.45) is 3.85. The van der Waals surface area contributed by atoms with Gasteiger partial charge in [0.2, 0.25) is 5.91 Å². The Kier molecular flexibility index (Phi) is 4.96. The van der Waals surface area contributed by atoms with Crippen LogP contribution >= 0.6 is 0 Å². The minimum absolute atomic E-state index is 0.0911. The lowest BCUT2D eigenvalue weighted by molar-refractivity contribution is -0.119. The van der Waals surface area contributed by atoms with Crippen molar-refractivity contribution in [3.8, 4) is 0 Å². The normalized spacial score (nSPS) is 16.8. The fraction of sp³-hybridized carbons (Fsp3) is 0.350. The van der Waals surface area contributed by atoms with Gasteiger partial charge in [0.25, 0.3) is 0 Å². The van der Waals surface area contributed by atoms with E-state index in [1.165, 1.54) is 5.56 Å². The topological polar surface area (TPSA) is 32.3 Å². The van der Waals surface area contributed by atoms with E-state index in [0.717, 1.165) is 43.6 Å². The first-order valence-electron chi connectivity index (χ1n) is 8.50. The molecule has 120 valence electrons. The molecule has 0 aromatic heterocycles. The number of benzene rings is 2. The number of nitrogens with one attached hydrogen (secondary N) is 1. The lowest BCUT2D eigenvalue weighted by atomic mass is 10.0. The average Bonchev–Trinajstić information content (AvgIpc) is 2.59. The van der Waals surface area contributed by atoms with E-state index in [0.29, 0.717) is 0 Å². The molecule has 3 heteroatoms. The summed E-state index contributed by atoms with van der Waals surface area (Å²) in [6, 6.07) is 18.5. The number of rotatable bonds is 6. The highest BCUT2D eigenvalue weighted by molar-refractivity contribution is 6.04. The van der Waals surface area contributed by atoms with Gasteiger partial charge in [-0.1, -0.05) is 55.8 Å². The summed E-state index contributed by atoms with van der Waals surface area (Å²) in [4.78, 5) is 14.8. The minimum atomic E-state index is -0.0911. The van der Waals surface area contributed by atoms with Gasteiger partial charge in [-0.3, -0.25) is 4.79 Å². The number of hydrogen-bond donors (Lipinski definition) is 1. The highest BCUT2D eigenvalue weighted by atomic mass is 16.2. The second-order valence-electron chi connectivity index (χ2n) is 6.08. The van der Waals surface area contributed by atoms with Crippen LogP contribution in [0.3, 0.4) is 0 Å². The lowest BCUT2D eigenvalue weighted by Gasteiger charge is -2.35. The summed E-state index contributed by atoms with van der Waals surface area (Å²) in [5.74, 6) is 0.207. The van der Waals surface area contributed by atoms with Crippen molar-refractivity contribution in [1.29, 1.82) is 0 Å². The van der Waals surface area contributed by atoms with E-state index in [2.05, 4.69) is 42.6 Å². The number of nitrogens with zero attached hydrogens (tertiary/aromatic N) is 1. The van der Waals surface area contributed by atoms with Gasteiger partial charge in [0.1, 0.15) is 6.04 Å². The molecule has 0 saturated carbocycles. The predicted octanol–water partition coefficient (Wildman–Crippen LogP) is 4.25. The first kappa shape index (κ1) is 15.6. The van der Waals surface area contributed by atoms with E-state index in [1.54, 1.807) is 0 Å². The largest absolute Gasteiger partial charge is 0.372 e. The van der Waals surface area contributed by atoms with Gasteiger partial charge in [0, 0.05) is 6.54 Å². The van der Waals surface area contributed by atoms with Crippen molar-refractivity contribution < 1.29 is 4.79 Å². The molecule has 1 heterocycles. The van der Waals surface area contributed by atoms with Gasteiger partial charge in [0.05, 0.1) is 11.4 Å². The summed E-state index contributed by atoms with van der Waals surface area (Å²) in [5, 5.41) is 3.39. The molecule has 1 aliphatic rings. The average molecular weight is 308 g/mol. The molecule has 23 heavy (non-hydrogen) atoms.